The van der Waals surface area contributed by atoms with Crippen molar-refractivity contribution in [2.45, 2.75) is 0 Å². The maximum atomic E-state index is 12.5. The molecule has 0 atom stereocenters. The van der Waals surface area contributed by atoms with E-state index in [9.17, 15) is 4.79 Å². The number of hydrogen-bond donors (Lipinski definition) is 0. The minimum absolute atomic E-state index is 0.0145. The maximum Gasteiger partial charge on any atom is 0.194 e. The van der Waals surface area contributed by atoms with Crippen molar-refractivity contribution in [2.24, 2.45) is 0 Å². The molecule has 0 radical (unpaired) electrons. The Hall–Kier alpha value is -1.64. The molecule has 0 bridgehead atoms. The lowest BCUT2D eigenvalue weighted by atomic mass is 10.00. The number of fused-ring (bicyclic) bond motifs is 1. The van der Waals surface area contributed by atoms with Gasteiger partial charge in [0.25, 0.3) is 0 Å². The van der Waals surface area contributed by atoms with Crippen molar-refractivity contribution in [3.63, 3.8) is 0 Å². The molecule has 0 heterocycles. The molecule has 3 aromatic rings. The highest BCUT2D eigenvalue weighted by Crippen LogP contribution is 2.25. The Balaban J connectivity index is 2.08. The number of ketones is 1. The summed E-state index contributed by atoms with van der Waals surface area (Å²) >= 11 is 9.29. The Labute approximate surface area is 130 Å². The van der Waals surface area contributed by atoms with Crippen molar-refractivity contribution >= 4 is 44.1 Å². The quantitative estimate of drug-likeness (QED) is 0.562. The van der Waals surface area contributed by atoms with Gasteiger partial charge in [-0.25, -0.2) is 0 Å². The van der Waals surface area contributed by atoms with Crippen LogP contribution in [0, 0.1) is 0 Å². The van der Waals surface area contributed by atoms with Gasteiger partial charge in [-0.05, 0) is 51.0 Å². The van der Waals surface area contributed by atoms with Gasteiger partial charge < -0.3 is 0 Å². The molecule has 0 aliphatic rings. The number of carbonyl (C=O) groups excluding carboxylic acids is 1. The summed E-state index contributed by atoms with van der Waals surface area (Å²) in [5.41, 5.74) is 1.29. The first-order chi connectivity index (χ1) is 9.65. The lowest BCUT2D eigenvalue weighted by molar-refractivity contribution is 0.103. The molecule has 1 nitrogen and oxygen atoms in total. The Morgan fingerprint density at radius 3 is 2.40 bits per heavy atom. The summed E-state index contributed by atoms with van der Waals surface area (Å²) in [5, 5.41) is 2.79. The Morgan fingerprint density at radius 2 is 1.65 bits per heavy atom. The van der Waals surface area contributed by atoms with E-state index in [1.165, 1.54) is 0 Å². The maximum absolute atomic E-state index is 12.5. The normalized spacial score (nSPS) is 10.7. The third-order valence-corrected chi connectivity index (χ3v) is 4.08. The summed E-state index contributed by atoms with van der Waals surface area (Å²) in [6.45, 7) is 0. The molecule has 0 saturated heterocycles. The lowest BCUT2D eigenvalue weighted by Crippen LogP contribution is -2.02. The van der Waals surface area contributed by atoms with Gasteiger partial charge in [0, 0.05) is 20.6 Å². The standard InChI is InChI=1S/C17H10BrClO/c18-16-10-14(19)7-8-15(16)17(20)13-6-5-11-3-1-2-4-12(11)9-13/h1-10H. The van der Waals surface area contributed by atoms with Crippen LogP contribution < -0.4 is 0 Å². The van der Waals surface area contributed by atoms with Gasteiger partial charge in [0.1, 0.15) is 0 Å². The van der Waals surface area contributed by atoms with E-state index in [0.29, 0.717) is 20.6 Å². The van der Waals surface area contributed by atoms with Crippen LogP contribution in [-0.4, -0.2) is 5.78 Å². The summed E-state index contributed by atoms with van der Waals surface area (Å²) in [5.74, 6) is -0.0145. The molecule has 0 amide bonds. The first-order valence-corrected chi connectivity index (χ1v) is 7.31. The van der Waals surface area contributed by atoms with Gasteiger partial charge in [-0.3, -0.25) is 4.79 Å². The van der Waals surface area contributed by atoms with Gasteiger partial charge >= 0.3 is 0 Å². The van der Waals surface area contributed by atoms with Crippen LogP contribution >= 0.6 is 27.5 Å². The van der Waals surface area contributed by atoms with Crippen molar-refractivity contribution < 1.29 is 4.79 Å². The van der Waals surface area contributed by atoms with Crippen molar-refractivity contribution in [3.05, 3.63) is 81.3 Å². The number of halogens is 2. The van der Waals surface area contributed by atoms with Crippen LogP contribution in [0.3, 0.4) is 0 Å². The largest absolute Gasteiger partial charge is 0.289 e. The molecule has 0 spiro atoms. The van der Waals surface area contributed by atoms with Crippen LogP contribution in [-0.2, 0) is 0 Å². The van der Waals surface area contributed by atoms with Gasteiger partial charge in [0.05, 0.1) is 0 Å². The first-order valence-electron chi connectivity index (χ1n) is 6.14. The van der Waals surface area contributed by atoms with E-state index in [1.54, 1.807) is 18.2 Å². The molecule has 3 rings (SSSR count). The fourth-order valence-electron chi connectivity index (χ4n) is 2.16. The summed E-state index contributed by atoms with van der Waals surface area (Å²) < 4.78 is 0.711. The van der Waals surface area contributed by atoms with E-state index in [1.807, 2.05) is 42.5 Å². The third-order valence-electron chi connectivity index (χ3n) is 3.19. The summed E-state index contributed by atoms with van der Waals surface area (Å²) in [6, 6.07) is 18.9. The van der Waals surface area contributed by atoms with Crippen LogP contribution in [0.2, 0.25) is 5.02 Å². The Bertz CT molecular complexity index is 811. The number of carbonyl (C=O) groups is 1. The molecule has 3 heteroatoms. The first kappa shape index (κ1) is 13.3. The molecule has 0 N–H and O–H groups in total. The zero-order valence-electron chi connectivity index (χ0n) is 10.4. The van der Waals surface area contributed by atoms with Crippen molar-refractivity contribution in [2.75, 3.05) is 0 Å². The molecule has 98 valence electrons. The zero-order valence-corrected chi connectivity index (χ0v) is 12.8. The van der Waals surface area contributed by atoms with Gasteiger partial charge in [-0.15, -0.1) is 0 Å². The second kappa shape index (κ2) is 5.39. The average Bonchev–Trinajstić information content (AvgIpc) is 2.46. The van der Waals surface area contributed by atoms with E-state index in [0.717, 1.165) is 10.8 Å². The molecular formula is C17H10BrClO. The molecular weight excluding hydrogens is 336 g/mol. The predicted octanol–water partition coefficient (Wildman–Crippen LogP) is 5.49. The van der Waals surface area contributed by atoms with E-state index < -0.39 is 0 Å². The average molecular weight is 346 g/mol. The Morgan fingerprint density at radius 1 is 0.900 bits per heavy atom. The van der Waals surface area contributed by atoms with Crippen molar-refractivity contribution in [3.8, 4) is 0 Å². The minimum atomic E-state index is -0.0145. The molecule has 0 aromatic heterocycles. The van der Waals surface area contributed by atoms with E-state index >= 15 is 0 Å². The molecule has 0 aliphatic carbocycles. The highest BCUT2D eigenvalue weighted by molar-refractivity contribution is 9.10. The summed E-state index contributed by atoms with van der Waals surface area (Å²) in [7, 11) is 0. The smallest absolute Gasteiger partial charge is 0.194 e. The van der Waals surface area contributed by atoms with Crippen LogP contribution in [0.15, 0.2) is 65.1 Å². The molecule has 3 aromatic carbocycles. The summed E-state index contributed by atoms with van der Waals surface area (Å²) in [4.78, 5) is 12.5. The molecule has 0 saturated carbocycles. The second-order valence-electron chi connectivity index (χ2n) is 4.52. The summed E-state index contributed by atoms with van der Waals surface area (Å²) in [6.07, 6.45) is 0. The van der Waals surface area contributed by atoms with E-state index in [2.05, 4.69) is 15.9 Å². The number of rotatable bonds is 2. The van der Waals surface area contributed by atoms with E-state index in [-0.39, 0.29) is 5.78 Å². The van der Waals surface area contributed by atoms with Crippen LogP contribution in [0.1, 0.15) is 15.9 Å². The molecule has 0 unspecified atom stereocenters. The number of benzene rings is 3. The number of hydrogen-bond acceptors (Lipinski definition) is 1. The molecule has 0 aliphatic heterocycles. The minimum Gasteiger partial charge on any atom is -0.289 e. The van der Waals surface area contributed by atoms with Gasteiger partial charge in [0.2, 0.25) is 0 Å². The fraction of sp³-hybridized carbons (Fsp3) is 0. The highest BCUT2D eigenvalue weighted by Gasteiger charge is 2.13. The van der Waals surface area contributed by atoms with Crippen molar-refractivity contribution in [1.82, 2.24) is 0 Å². The Kier molecular flexibility index (Phi) is 3.60. The van der Waals surface area contributed by atoms with Crippen LogP contribution in [0.5, 0.6) is 0 Å². The van der Waals surface area contributed by atoms with Gasteiger partial charge in [-0.2, -0.15) is 0 Å². The van der Waals surface area contributed by atoms with E-state index in [4.69, 9.17) is 11.6 Å². The molecule has 20 heavy (non-hydrogen) atoms. The van der Waals surface area contributed by atoms with Crippen LogP contribution in [0.4, 0.5) is 0 Å². The zero-order chi connectivity index (χ0) is 14.1. The highest BCUT2D eigenvalue weighted by atomic mass is 79.9. The topological polar surface area (TPSA) is 17.1 Å². The fourth-order valence-corrected chi connectivity index (χ4v) is 3.02. The lowest BCUT2D eigenvalue weighted by Gasteiger charge is -2.06. The second-order valence-corrected chi connectivity index (χ2v) is 5.81. The third kappa shape index (κ3) is 2.49. The predicted molar refractivity (Wildman–Crippen MR) is 86.5 cm³/mol. The molecule has 0 fully saturated rings. The van der Waals surface area contributed by atoms with Gasteiger partial charge in [0.15, 0.2) is 5.78 Å². The van der Waals surface area contributed by atoms with Crippen molar-refractivity contribution in [1.29, 1.82) is 0 Å². The monoisotopic (exact) mass is 344 g/mol. The van der Waals surface area contributed by atoms with Gasteiger partial charge in [-0.1, -0.05) is 48.0 Å². The van der Waals surface area contributed by atoms with Crippen LogP contribution in [0.25, 0.3) is 10.8 Å². The SMILES string of the molecule is O=C(c1ccc2ccccc2c1)c1ccc(Cl)cc1Br.